The zero-order valence-corrected chi connectivity index (χ0v) is 16.3. The largest absolute Gasteiger partial charge is 0.495 e. The zero-order valence-electron chi connectivity index (χ0n) is 16.3. The van der Waals surface area contributed by atoms with Gasteiger partial charge in [0.2, 0.25) is 5.91 Å². The number of hydrogen-bond donors (Lipinski definition) is 1. The Hall–Kier alpha value is -4.01. The van der Waals surface area contributed by atoms with E-state index in [1.54, 1.807) is 43.3 Å². The second-order valence-electron chi connectivity index (χ2n) is 6.17. The highest BCUT2D eigenvalue weighted by Crippen LogP contribution is 2.30. The molecule has 9 nitrogen and oxygen atoms in total. The van der Waals surface area contributed by atoms with Gasteiger partial charge in [-0.2, -0.15) is 0 Å². The number of aliphatic imine (C=N–C) groups is 1. The first-order valence-corrected chi connectivity index (χ1v) is 9.09. The van der Waals surface area contributed by atoms with E-state index >= 15 is 0 Å². The number of hydrogen-bond acceptors (Lipinski definition) is 7. The van der Waals surface area contributed by atoms with Gasteiger partial charge in [-0.25, -0.2) is 14.5 Å². The van der Waals surface area contributed by atoms with E-state index in [0.717, 1.165) is 11.1 Å². The van der Waals surface area contributed by atoms with E-state index in [1.165, 1.54) is 19.2 Å². The van der Waals surface area contributed by atoms with Crippen molar-refractivity contribution in [2.45, 2.75) is 6.92 Å². The van der Waals surface area contributed by atoms with E-state index in [0.29, 0.717) is 11.4 Å². The zero-order chi connectivity index (χ0) is 21.7. The average Bonchev–Trinajstić information content (AvgIpc) is 2.74. The molecule has 0 saturated carbocycles. The first-order chi connectivity index (χ1) is 14.5. The molecule has 1 N–H and O–H groups in total. The maximum absolute atomic E-state index is 12.9. The Balaban J connectivity index is 1.88. The summed E-state index contributed by atoms with van der Waals surface area (Å²) in [5, 5.41) is 2.15. The predicted molar refractivity (Wildman–Crippen MR) is 108 cm³/mol. The van der Waals surface area contributed by atoms with Crippen molar-refractivity contribution in [2.75, 3.05) is 18.6 Å². The number of anilines is 1. The molecule has 0 unspecified atom stereocenters. The highest BCUT2D eigenvalue weighted by atomic mass is 16.5. The standard InChI is InChI=1S/C21H19N3O6/c1-3-30-20(27)13-7-6-8-14(11-13)22-12-15-18(25)23-21(28)24(19(15)26)16-9-4-5-10-17(16)29-2/h4-12,15H,3H2,1-2H3,(H,23,25,28)/t15-/m0/s1. The number of amides is 4. The number of nitrogens with zero attached hydrogens (tertiary/aromatic N) is 2. The maximum atomic E-state index is 12.9. The van der Waals surface area contributed by atoms with Gasteiger partial charge in [0.15, 0.2) is 5.92 Å². The first-order valence-electron chi connectivity index (χ1n) is 9.09. The lowest BCUT2D eigenvalue weighted by Gasteiger charge is -2.29. The van der Waals surface area contributed by atoms with Crippen LogP contribution in [0.1, 0.15) is 17.3 Å². The van der Waals surface area contributed by atoms with Crippen molar-refractivity contribution in [1.82, 2.24) is 5.32 Å². The van der Waals surface area contributed by atoms with Gasteiger partial charge in [-0.3, -0.25) is 19.9 Å². The second-order valence-corrected chi connectivity index (χ2v) is 6.17. The minimum absolute atomic E-state index is 0.206. The Kier molecular flexibility index (Phi) is 6.21. The molecule has 0 spiro atoms. The van der Waals surface area contributed by atoms with Gasteiger partial charge in [0, 0.05) is 6.21 Å². The highest BCUT2D eigenvalue weighted by molar-refractivity contribution is 6.33. The molecule has 1 saturated heterocycles. The Morgan fingerprint density at radius 1 is 1.17 bits per heavy atom. The normalized spacial score (nSPS) is 16.5. The Morgan fingerprint density at radius 2 is 1.93 bits per heavy atom. The van der Waals surface area contributed by atoms with E-state index in [-0.39, 0.29) is 17.9 Å². The lowest BCUT2D eigenvalue weighted by atomic mass is 10.1. The summed E-state index contributed by atoms with van der Waals surface area (Å²) in [5.41, 5.74) is 0.844. The summed E-state index contributed by atoms with van der Waals surface area (Å²) < 4.78 is 10.1. The fraction of sp³-hybridized carbons (Fsp3) is 0.190. The molecular formula is C21H19N3O6. The Bertz CT molecular complexity index is 1030. The maximum Gasteiger partial charge on any atom is 0.338 e. The third-order valence-corrected chi connectivity index (χ3v) is 4.26. The quantitative estimate of drug-likeness (QED) is 0.445. The summed E-state index contributed by atoms with van der Waals surface area (Å²) in [5.74, 6) is -3.10. The van der Waals surface area contributed by atoms with Crippen molar-refractivity contribution < 1.29 is 28.7 Å². The number of ether oxygens (including phenoxy) is 2. The van der Waals surface area contributed by atoms with Crippen LogP contribution in [0, 0.1) is 5.92 Å². The molecule has 9 heteroatoms. The number of imide groups is 2. The molecule has 1 aliphatic rings. The number of para-hydroxylation sites is 2. The molecule has 2 aromatic rings. The lowest BCUT2D eigenvalue weighted by Crippen LogP contribution is -2.58. The van der Waals surface area contributed by atoms with Crippen LogP contribution in [0.25, 0.3) is 0 Å². The van der Waals surface area contributed by atoms with Crippen LogP contribution in [0.15, 0.2) is 53.5 Å². The van der Waals surface area contributed by atoms with Gasteiger partial charge in [0.05, 0.1) is 30.7 Å². The molecule has 1 atom stereocenters. The summed E-state index contributed by atoms with van der Waals surface area (Å²) in [6, 6.07) is 11.8. The third-order valence-electron chi connectivity index (χ3n) is 4.26. The monoisotopic (exact) mass is 409 g/mol. The summed E-state index contributed by atoms with van der Waals surface area (Å²) in [7, 11) is 1.41. The number of esters is 1. The summed E-state index contributed by atoms with van der Waals surface area (Å²) >= 11 is 0. The van der Waals surface area contributed by atoms with Crippen molar-refractivity contribution in [2.24, 2.45) is 10.9 Å². The van der Waals surface area contributed by atoms with Gasteiger partial charge in [0.1, 0.15) is 5.75 Å². The van der Waals surface area contributed by atoms with E-state index in [1.807, 2.05) is 0 Å². The van der Waals surface area contributed by atoms with Gasteiger partial charge >= 0.3 is 12.0 Å². The first kappa shape index (κ1) is 20.7. The lowest BCUT2D eigenvalue weighted by molar-refractivity contribution is -0.131. The van der Waals surface area contributed by atoms with Crippen LogP contribution >= 0.6 is 0 Å². The summed E-state index contributed by atoms with van der Waals surface area (Å²) in [6.07, 6.45) is 1.14. The number of carbonyl (C=O) groups is 4. The van der Waals surface area contributed by atoms with Gasteiger partial charge < -0.3 is 9.47 Å². The summed E-state index contributed by atoms with van der Waals surface area (Å²) in [4.78, 5) is 54.3. The number of nitrogens with one attached hydrogen (secondary N) is 1. The topological polar surface area (TPSA) is 114 Å². The molecule has 1 aliphatic heterocycles. The molecule has 0 aromatic heterocycles. The van der Waals surface area contributed by atoms with Crippen LogP contribution in [0.4, 0.5) is 16.2 Å². The predicted octanol–water partition coefficient (Wildman–Crippen LogP) is 2.47. The minimum atomic E-state index is -1.33. The average molecular weight is 409 g/mol. The second kappa shape index (κ2) is 8.99. The molecule has 4 amide bonds. The van der Waals surface area contributed by atoms with Crippen LogP contribution < -0.4 is 15.0 Å². The molecule has 0 aliphatic carbocycles. The molecule has 0 bridgehead atoms. The Labute approximate surface area is 172 Å². The van der Waals surface area contributed by atoms with E-state index in [9.17, 15) is 19.2 Å². The van der Waals surface area contributed by atoms with E-state index < -0.39 is 29.7 Å². The van der Waals surface area contributed by atoms with Gasteiger partial charge in [0.25, 0.3) is 5.91 Å². The fourth-order valence-electron chi connectivity index (χ4n) is 2.85. The third kappa shape index (κ3) is 4.19. The minimum Gasteiger partial charge on any atom is -0.495 e. The molecule has 3 rings (SSSR count). The van der Waals surface area contributed by atoms with E-state index in [2.05, 4.69) is 10.3 Å². The van der Waals surface area contributed by atoms with Crippen LogP contribution in [0.3, 0.4) is 0 Å². The van der Waals surface area contributed by atoms with Crippen molar-refractivity contribution in [3.8, 4) is 5.75 Å². The number of methoxy groups -OCH3 is 1. The molecular weight excluding hydrogens is 390 g/mol. The molecule has 30 heavy (non-hydrogen) atoms. The fourth-order valence-corrected chi connectivity index (χ4v) is 2.85. The smallest absolute Gasteiger partial charge is 0.338 e. The SMILES string of the molecule is CCOC(=O)c1cccc(N=C[C@H]2C(=O)NC(=O)N(c3ccccc3OC)C2=O)c1. The highest BCUT2D eigenvalue weighted by Gasteiger charge is 2.41. The van der Waals surface area contributed by atoms with Gasteiger partial charge in [-0.05, 0) is 37.3 Å². The van der Waals surface area contributed by atoms with Crippen molar-refractivity contribution in [1.29, 1.82) is 0 Å². The molecule has 1 fully saturated rings. The van der Waals surface area contributed by atoms with Crippen LogP contribution in [0.2, 0.25) is 0 Å². The molecule has 154 valence electrons. The number of carbonyl (C=O) groups excluding carboxylic acids is 4. The van der Waals surface area contributed by atoms with Crippen LogP contribution in [0.5, 0.6) is 5.75 Å². The molecule has 1 heterocycles. The summed E-state index contributed by atoms with van der Waals surface area (Å²) in [6.45, 7) is 1.93. The number of rotatable bonds is 6. The number of benzene rings is 2. The van der Waals surface area contributed by atoms with E-state index in [4.69, 9.17) is 9.47 Å². The number of barbiturate groups is 1. The van der Waals surface area contributed by atoms with Gasteiger partial charge in [-0.1, -0.05) is 18.2 Å². The van der Waals surface area contributed by atoms with Crippen molar-refractivity contribution in [3.05, 3.63) is 54.1 Å². The number of urea groups is 1. The van der Waals surface area contributed by atoms with Crippen molar-refractivity contribution in [3.63, 3.8) is 0 Å². The van der Waals surface area contributed by atoms with Crippen molar-refractivity contribution >= 4 is 41.4 Å². The molecule has 0 radical (unpaired) electrons. The van der Waals surface area contributed by atoms with Crippen LogP contribution in [-0.2, 0) is 14.3 Å². The Morgan fingerprint density at radius 3 is 2.67 bits per heavy atom. The molecule has 2 aromatic carbocycles. The van der Waals surface area contributed by atoms with Gasteiger partial charge in [-0.15, -0.1) is 0 Å². The van der Waals surface area contributed by atoms with Crippen LogP contribution in [-0.4, -0.2) is 43.7 Å².